The lowest BCUT2D eigenvalue weighted by Crippen LogP contribution is -2.38. The van der Waals surface area contributed by atoms with Gasteiger partial charge in [-0.25, -0.2) is 9.67 Å². The van der Waals surface area contributed by atoms with E-state index < -0.39 is 0 Å². The number of rotatable bonds is 3. The summed E-state index contributed by atoms with van der Waals surface area (Å²) in [5.41, 5.74) is 3.71. The van der Waals surface area contributed by atoms with E-state index in [9.17, 15) is 10.1 Å². The quantitative estimate of drug-likeness (QED) is 0.822. The molecule has 0 amide bonds. The number of hydrogen-bond donors (Lipinski definition) is 0. The van der Waals surface area contributed by atoms with Crippen molar-refractivity contribution in [1.29, 1.82) is 5.26 Å². The van der Waals surface area contributed by atoms with Crippen molar-refractivity contribution in [1.82, 2.24) is 14.8 Å². The largest absolute Gasteiger partial charge is 0.351 e. The number of fused-ring (bicyclic) bond motifs is 1. The van der Waals surface area contributed by atoms with Gasteiger partial charge in [-0.3, -0.25) is 4.79 Å². The minimum absolute atomic E-state index is 0.0812. The Labute approximate surface area is 165 Å². The Balaban J connectivity index is 1.66. The van der Waals surface area contributed by atoms with Gasteiger partial charge >= 0.3 is 0 Å². The van der Waals surface area contributed by atoms with E-state index in [-0.39, 0.29) is 17.0 Å². The van der Waals surface area contributed by atoms with Crippen LogP contribution in [0.4, 0.5) is 5.82 Å². The molecule has 28 heavy (non-hydrogen) atoms. The highest BCUT2D eigenvalue weighted by molar-refractivity contribution is 5.58. The standard InChI is InChI=1S/C22H27N5O/c1-22(2,3)19-9-10-20(28)27(25-19)14-17-7-5-11-26(17)21-16(13-23)12-15-6-4-8-18(15)24-21/h9-10,12,17H,4-8,11,14H2,1-3H3. The van der Waals surface area contributed by atoms with Gasteiger partial charge in [-0.2, -0.15) is 10.4 Å². The number of pyridine rings is 1. The molecule has 0 radical (unpaired) electrons. The van der Waals surface area contributed by atoms with Gasteiger partial charge in [0.1, 0.15) is 11.9 Å². The second-order valence-corrected chi connectivity index (χ2v) is 8.91. The highest BCUT2D eigenvalue weighted by Gasteiger charge is 2.30. The smallest absolute Gasteiger partial charge is 0.266 e. The number of aromatic nitrogens is 3. The van der Waals surface area contributed by atoms with Crippen LogP contribution >= 0.6 is 0 Å². The summed E-state index contributed by atoms with van der Waals surface area (Å²) in [4.78, 5) is 19.5. The average Bonchev–Trinajstić information content (AvgIpc) is 3.29. The first-order valence-electron chi connectivity index (χ1n) is 10.1. The molecule has 1 atom stereocenters. The maximum absolute atomic E-state index is 12.4. The van der Waals surface area contributed by atoms with Gasteiger partial charge in [-0.1, -0.05) is 20.8 Å². The first-order chi connectivity index (χ1) is 13.4. The van der Waals surface area contributed by atoms with Gasteiger partial charge in [0, 0.05) is 23.7 Å². The molecule has 0 spiro atoms. The molecule has 2 aromatic rings. The molecule has 1 fully saturated rings. The average molecular weight is 377 g/mol. The molecule has 0 bridgehead atoms. The summed E-state index contributed by atoms with van der Waals surface area (Å²) in [5, 5.41) is 14.3. The minimum Gasteiger partial charge on any atom is -0.351 e. The molecular formula is C22H27N5O. The first-order valence-corrected chi connectivity index (χ1v) is 10.1. The lowest BCUT2D eigenvalue weighted by molar-refractivity contribution is 0.456. The van der Waals surface area contributed by atoms with Gasteiger partial charge in [0.15, 0.2) is 0 Å². The molecule has 0 N–H and O–H groups in total. The maximum atomic E-state index is 12.4. The summed E-state index contributed by atoms with van der Waals surface area (Å²) >= 11 is 0. The van der Waals surface area contributed by atoms with Crippen LogP contribution in [-0.2, 0) is 24.8 Å². The third-order valence-corrected chi connectivity index (χ3v) is 5.82. The van der Waals surface area contributed by atoms with E-state index in [0.717, 1.165) is 55.9 Å². The lowest BCUT2D eigenvalue weighted by atomic mass is 9.92. The van der Waals surface area contributed by atoms with E-state index in [0.29, 0.717) is 12.1 Å². The summed E-state index contributed by atoms with van der Waals surface area (Å²) in [6, 6.07) is 7.91. The van der Waals surface area contributed by atoms with Crippen molar-refractivity contribution in [3.8, 4) is 6.07 Å². The topological polar surface area (TPSA) is 74.8 Å². The van der Waals surface area contributed by atoms with Gasteiger partial charge in [-0.05, 0) is 49.8 Å². The zero-order valence-electron chi connectivity index (χ0n) is 16.9. The normalized spacial score (nSPS) is 18.9. The van der Waals surface area contributed by atoms with Crippen molar-refractivity contribution < 1.29 is 0 Å². The summed E-state index contributed by atoms with van der Waals surface area (Å²) in [6.45, 7) is 7.67. The van der Waals surface area contributed by atoms with Crippen LogP contribution in [-0.4, -0.2) is 27.4 Å². The van der Waals surface area contributed by atoms with Crippen LogP contribution in [0.25, 0.3) is 0 Å². The molecule has 2 aromatic heterocycles. The van der Waals surface area contributed by atoms with Crippen molar-refractivity contribution in [3.63, 3.8) is 0 Å². The number of nitriles is 1. The number of anilines is 1. The molecule has 1 unspecified atom stereocenters. The van der Waals surface area contributed by atoms with Crippen molar-refractivity contribution in [2.75, 3.05) is 11.4 Å². The Morgan fingerprint density at radius 1 is 1.25 bits per heavy atom. The molecule has 1 aliphatic heterocycles. The summed E-state index contributed by atoms with van der Waals surface area (Å²) in [7, 11) is 0. The SMILES string of the molecule is CC(C)(C)c1ccc(=O)n(CC2CCCN2c2nc3c(cc2C#N)CCC3)n1. The summed E-state index contributed by atoms with van der Waals surface area (Å²) < 4.78 is 1.59. The lowest BCUT2D eigenvalue weighted by Gasteiger charge is -2.28. The Bertz CT molecular complexity index is 995. The van der Waals surface area contributed by atoms with Crippen LogP contribution in [0.15, 0.2) is 23.0 Å². The molecule has 1 aliphatic carbocycles. The predicted molar refractivity (Wildman–Crippen MR) is 109 cm³/mol. The van der Waals surface area contributed by atoms with Crippen LogP contribution < -0.4 is 10.5 Å². The fourth-order valence-electron chi connectivity index (χ4n) is 4.25. The van der Waals surface area contributed by atoms with Crippen molar-refractivity contribution in [2.24, 2.45) is 0 Å². The van der Waals surface area contributed by atoms with Crippen LogP contribution in [0, 0.1) is 11.3 Å². The van der Waals surface area contributed by atoms with E-state index in [1.54, 1.807) is 10.7 Å². The van der Waals surface area contributed by atoms with Crippen LogP contribution in [0.2, 0.25) is 0 Å². The maximum Gasteiger partial charge on any atom is 0.266 e. The third-order valence-electron chi connectivity index (χ3n) is 5.82. The molecule has 6 nitrogen and oxygen atoms in total. The van der Waals surface area contributed by atoms with E-state index in [1.807, 2.05) is 12.1 Å². The fraction of sp³-hybridized carbons (Fsp3) is 0.545. The molecule has 2 aliphatic rings. The zero-order valence-corrected chi connectivity index (χ0v) is 16.9. The molecule has 0 saturated carbocycles. The van der Waals surface area contributed by atoms with Crippen molar-refractivity contribution >= 4 is 5.82 Å². The predicted octanol–water partition coefficient (Wildman–Crippen LogP) is 2.97. The summed E-state index contributed by atoms with van der Waals surface area (Å²) in [5.74, 6) is 0.783. The van der Waals surface area contributed by atoms with E-state index >= 15 is 0 Å². The van der Waals surface area contributed by atoms with E-state index in [2.05, 4.69) is 36.8 Å². The monoisotopic (exact) mass is 377 g/mol. The first kappa shape index (κ1) is 18.7. The van der Waals surface area contributed by atoms with Crippen LogP contribution in [0.1, 0.15) is 62.5 Å². The molecule has 0 aromatic carbocycles. The Hall–Kier alpha value is -2.68. The van der Waals surface area contributed by atoms with E-state index in [1.165, 1.54) is 5.56 Å². The Morgan fingerprint density at radius 3 is 2.82 bits per heavy atom. The molecule has 4 rings (SSSR count). The zero-order chi connectivity index (χ0) is 19.9. The van der Waals surface area contributed by atoms with Crippen molar-refractivity contribution in [2.45, 2.75) is 70.9 Å². The van der Waals surface area contributed by atoms with Crippen LogP contribution in [0.5, 0.6) is 0 Å². The molecule has 6 heteroatoms. The molecule has 146 valence electrons. The number of nitrogens with zero attached hydrogens (tertiary/aromatic N) is 5. The second kappa shape index (κ2) is 7.05. The third kappa shape index (κ3) is 3.42. The molecule has 1 saturated heterocycles. The Kier molecular flexibility index (Phi) is 4.70. The van der Waals surface area contributed by atoms with Gasteiger partial charge in [0.25, 0.3) is 5.56 Å². The highest BCUT2D eigenvalue weighted by Crippen LogP contribution is 2.31. The van der Waals surface area contributed by atoms with Gasteiger partial charge in [0.2, 0.25) is 0 Å². The minimum atomic E-state index is -0.111. The summed E-state index contributed by atoms with van der Waals surface area (Å²) in [6.07, 6.45) is 5.11. The second-order valence-electron chi connectivity index (χ2n) is 8.91. The van der Waals surface area contributed by atoms with Crippen LogP contribution in [0.3, 0.4) is 0 Å². The van der Waals surface area contributed by atoms with E-state index in [4.69, 9.17) is 4.98 Å². The number of aryl methyl sites for hydroxylation is 2. The van der Waals surface area contributed by atoms with Gasteiger partial charge in [0.05, 0.1) is 23.8 Å². The fourth-order valence-corrected chi connectivity index (χ4v) is 4.25. The molecule has 3 heterocycles. The highest BCUT2D eigenvalue weighted by atomic mass is 16.1. The van der Waals surface area contributed by atoms with Gasteiger partial charge < -0.3 is 4.90 Å². The molecular weight excluding hydrogens is 350 g/mol. The number of hydrogen-bond acceptors (Lipinski definition) is 5. The Morgan fingerprint density at radius 2 is 2.07 bits per heavy atom. The van der Waals surface area contributed by atoms with Gasteiger partial charge in [-0.15, -0.1) is 0 Å². The van der Waals surface area contributed by atoms with Crippen molar-refractivity contribution in [3.05, 3.63) is 51.1 Å².